The molecule has 0 aliphatic carbocycles. The summed E-state index contributed by atoms with van der Waals surface area (Å²) in [6.07, 6.45) is 0. The van der Waals surface area contributed by atoms with Crippen molar-refractivity contribution in [3.05, 3.63) is 63.6 Å². The zero-order valence-corrected chi connectivity index (χ0v) is 11.5. The summed E-state index contributed by atoms with van der Waals surface area (Å²) in [5, 5.41) is 10.7. The van der Waals surface area contributed by atoms with Crippen molar-refractivity contribution in [2.24, 2.45) is 0 Å². The third kappa shape index (κ3) is 2.72. The highest BCUT2D eigenvalue weighted by Gasteiger charge is 2.17. The topological polar surface area (TPSA) is 40.5 Å². The molecule has 0 bridgehead atoms. The zero-order valence-electron chi connectivity index (χ0n) is 9.18. The standard InChI is InChI=1S/C13H9BrClNO2/c14-10-7-5-9(6-8-10)13(17)16(18)12-4-2-1-3-11(12)15/h1-8,18H. The van der Waals surface area contributed by atoms with E-state index < -0.39 is 5.91 Å². The number of hydrogen-bond acceptors (Lipinski definition) is 2. The molecule has 0 unspecified atom stereocenters. The van der Waals surface area contributed by atoms with Gasteiger partial charge in [0.2, 0.25) is 0 Å². The van der Waals surface area contributed by atoms with Gasteiger partial charge in [0.25, 0.3) is 5.91 Å². The summed E-state index contributed by atoms with van der Waals surface area (Å²) in [7, 11) is 0. The predicted octanol–water partition coefficient (Wildman–Crippen LogP) is 4.14. The molecule has 92 valence electrons. The molecular formula is C13H9BrClNO2. The first kappa shape index (κ1) is 13.1. The fourth-order valence-electron chi connectivity index (χ4n) is 1.45. The molecule has 3 nitrogen and oxygen atoms in total. The first-order valence-corrected chi connectivity index (χ1v) is 6.30. The van der Waals surface area contributed by atoms with Crippen molar-refractivity contribution in [2.45, 2.75) is 0 Å². The molecule has 2 aromatic carbocycles. The molecule has 2 aromatic rings. The van der Waals surface area contributed by atoms with Gasteiger partial charge in [-0.25, -0.2) is 0 Å². The van der Waals surface area contributed by atoms with Crippen LogP contribution in [0.4, 0.5) is 5.69 Å². The normalized spacial score (nSPS) is 10.2. The van der Waals surface area contributed by atoms with E-state index in [9.17, 15) is 10.0 Å². The van der Waals surface area contributed by atoms with Crippen LogP contribution >= 0.6 is 27.5 Å². The molecule has 1 amide bonds. The molecule has 0 saturated carbocycles. The van der Waals surface area contributed by atoms with Crippen LogP contribution in [0.5, 0.6) is 0 Å². The SMILES string of the molecule is O=C(c1ccc(Br)cc1)N(O)c1ccccc1Cl. The average Bonchev–Trinajstić information content (AvgIpc) is 2.38. The highest BCUT2D eigenvalue weighted by molar-refractivity contribution is 9.10. The fraction of sp³-hybridized carbons (Fsp3) is 0. The summed E-state index contributed by atoms with van der Waals surface area (Å²) in [5.41, 5.74) is 0.632. The molecule has 0 heterocycles. The molecular weight excluding hydrogens is 318 g/mol. The Morgan fingerprint density at radius 3 is 2.33 bits per heavy atom. The maximum Gasteiger partial charge on any atom is 0.282 e. The van der Waals surface area contributed by atoms with E-state index in [-0.39, 0.29) is 5.69 Å². The fourth-order valence-corrected chi connectivity index (χ4v) is 1.93. The van der Waals surface area contributed by atoms with Crippen LogP contribution in [-0.4, -0.2) is 11.1 Å². The van der Waals surface area contributed by atoms with Crippen molar-refractivity contribution in [2.75, 3.05) is 5.06 Å². The molecule has 18 heavy (non-hydrogen) atoms. The number of carbonyl (C=O) groups is 1. The van der Waals surface area contributed by atoms with Gasteiger partial charge in [0.1, 0.15) is 0 Å². The van der Waals surface area contributed by atoms with Crippen molar-refractivity contribution < 1.29 is 10.0 Å². The van der Waals surface area contributed by atoms with Crippen molar-refractivity contribution in [1.82, 2.24) is 0 Å². The lowest BCUT2D eigenvalue weighted by Gasteiger charge is -2.16. The number of halogens is 2. The Hall–Kier alpha value is -1.36. The van der Waals surface area contributed by atoms with Gasteiger partial charge in [-0.1, -0.05) is 39.7 Å². The zero-order chi connectivity index (χ0) is 13.1. The summed E-state index contributed by atoms with van der Waals surface area (Å²) in [4.78, 5) is 12.0. The summed E-state index contributed by atoms with van der Waals surface area (Å²) in [6.45, 7) is 0. The van der Waals surface area contributed by atoms with Crippen LogP contribution in [0.3, 0.4) is 0 Å². The van der Waals surface area contributed by atoms with Crippen molar-refractivity contribution in [1.29, 1.82) is 0 Å². The molecule has 0 radical (unpaired) electrons. The van der Waals surface area contributed by atoms with Crippen molar-refractivity contribution >= 4 is 39.1 Å². The third-order valence-corrected chi connectivity index (χ3v) is 3.21. The minimum absolute atomic E-state index is 0.257. The second kappa shape index (κ2) is 5.52. The predicted molar refractivity (Wildman–Crippen MR) is 74.2 cm³/mol. The summed E-state index contributed by atoms with van der Waals surface area (Å²) >= 11 is 9.19. The van der Waals surface area contributed by atoms with Gasteiger partial charge < -0.3 is 0 Å². The molecule has 0 saturated heterocycles. The van der Waals surface area contributed by atoms with Crippen LogP contribution in [0, 0.1) is 0 Å². The van der Waals surface area contributed by atoms with E-state index in [0.717, 1.165) is 4.47 Å². The highest BCUT2D eigenvalue weighted by Crippen LogP contribution is 2.25. The van der Waals surface area contributed by atoms with Crippen molar-refractivity contribution in [3.8, 4) is 0 Å². The van der Waals surface area contributed by atoms with Gasteiger partial charge >= 0.3 is 0 Å². The van der Waals surface area contributed by atoms with Crippen LogP contribution in [-0.2, 0) is 0 Å². The second-order valence-electron chi connectivity index (χ2n) is 3.58. The molecule has 1 N–H and O–H groups in total. The minimum Gasteiger partial charge on any atom is -0.281 e. The number of rotatable bonds is 2. The van der Waals surface area contributed by atoms with Crippen LogP contribution in [0.1, 0.15) is 10.4 Å². The van der Waals surface area contributed by atoms with E-state index in [1.54, 1.807) is 48.5 Å². The Morgan fingerprint density at radius 1 is 1.11 bits per heavy atom. The number of benzene rings is 2. The van der Waals surface area contributed by atoms with E-state index in [4.69, 9.17) is 11.6 Å². The van der Waals surface area contributed by atoms with E-state index in [1.807, 2.05) is 0 Å². The molecule has 5 heteroatoms. The largest absolute Gasteiger partial charge is 0.282 e. The number of para-hydroxylation sites is 1. The number of hydroxylamine groups is 1. The lowest BCUT2D eigenvalue weighted by Crippen LogP contribution is -2.27. The van der Waals surface area contributed by atoms with E-state index in [2.05, 4.69) is 15.9 Å². The van der Waals surface area contributed by atoms with Crippen LogP contribution in [0.2, 0.25) is 5.02 Å². The quantitative estimate of drug-likeness (QED) is 0.665. The minimum atomic E-state index is -0.532. The second-order valence-corrected chi connectivity index (χ2v) is 4.90. The lowest BCUT2D eigenvalue weighted by molar-refractivity contribution is 0.0855. The maximum atomic E-state index is 12.0. The maximum absolute atomic E-state index is 12.0. The van der Waals surface area contributed by atoms with E-state index in [1.165, 1.54) is 0 Å². The van der Waals surface area contributed by atoms with Crippen molar-refractivity contribution in [3.63, 3.8) is 0 Å². The van der Waals surface area contributed by atoms with Gasteiger partial charge in [-0.3, -0.25) is 10.0 Å². The first-order valence-electron chi connectivity index (χ1n) is 5.13. The van der Waals surface area contributed by atoms with E-state index in [0.29, 0.717) is 15.6 Å². The summed E-state index contributed by atoms with van der Waals surface area (Å²) in [6, 6.07) is 13.3. The van der Waals surface area contributed by atoms with Gasteiger partial charge in [0.05, 0.1) is 10.7 Å². The highest BCUT2D eigenvalue weighted by atomic mass is 79.9. The Kier molecular flexibility index (Phi) is 4.01. The Morgan fingerprint density at radius 2 is 1.72 bits per heavy atom. The Balaban J connectivity index is 2.29. The number of carbonyl (C=O) groups excluding carboxylic acids is 1. The summed E-state index contributed by atoms with van der Waals surface area (Å²) in [5.74, 6) is -0.532. The lowest BCUT2D eigenvalue weighted by atomic mass is 10.2. The van der Waals surface area contributed by atoms with Gasteiger partial charge in [0.15, 0.2) is 0 Å². The van der Waals surface area contributed by atoms with Gasteiger partial charge in [-0.2, -0.15) is 5.06 Å². The number of anilines is 1. The molecule has 0 fully saturated rings. The molecule has 0 aliphatic heterocycles. The first-order chi connectivity index (χ1) is 8.59. The van der Waals surface area contributed by atoms with E-state index >= 15 is 0 Å². The molecule has 0 atom stereocenters. The summed E-state index contributed by atoms with van der Waals surface area (Å²) < 4.78 is 0.862. The Labute approximate surface area is 118 Å². The Bertz CT molecular complexity index is 571. The third-order valence-electron chi connectivity index (χ3n) is 2.36. The van der Waals surface area contributed by atoms with Gasteiger partial charge in [-0.05, 0) is 36.4 Å². The van der Waals surface area contributed by atoms with Crippen LogP contribution < -0.4 is 5.06 Å². The smallest absolute Gasteiger partial charge is 0.281 e. The monoisotopic (exact) mass is 325 g/mol. The number of nitrogens with zero attached hydrogens (tertiary/aromatic N) is 1. The molecule has 0 aliphatic rings. The number of amides is 1. The van der Waals surface area contributed by atoms with Crippen LogP contribution in [0.15, 0.2) is 53.0 Å². The van der Waals surface area contributed by atoms with Gasteiger partial charge in [-0.15, -0.1) is 0 Å². The van der Waals surface area contributed by atoms with Gasteiger partial charge in [0, 0.05) is 10.0 Å². The average molecular weight is 327 g/mol. The van der Waals surface area contributed by atoms with Crippen LogP contribution in [0.25, 0.3) is 0 Å². The number of hydrogen-bond donors (Lipinski definition) is 1. The molecule has 2 rings (SSSR count). The molecule has 0 aromatic heterocycles. The molecule has 0 spiro atoms.